The predicted octanol–water partition coefficient (Wildman–Crippen LogP) is 3.89. The van der Waals surface area contributed by atoms with Gasteiger partial charge in [-0.05, 0) is 35.9 Å². The van der Waals surface area contributed by atoms with Crippen molar-refractivity contribution in [1.29, 1.82) is 0 Å². The van der Waals surface area contributed by atoms with Gasteiger partial charge in [0.05, 0.1) is 5.52 Å². The SMILES string of the molecule is Nc1ccc2nc(-c3cccnc3)nc(NCc3ccccc3)c2c1. The second kappa shape index (κ2) is 6.57. The Morgan fingerprint density at radius 2 is 1.80 bits per heavy atom. The summed E-state index contributed by atoms with van der Waals surface area (Å²) in [5.41, 5.74) is 9.55. The molecule has 0 fully saturated rings. The van der Waals surface area contributed by atoms with Crippen LogP contribution in [0, 0.1) is 0 Å². The largest absolute Gasteiger partial charge is 0.399 e. The van der Waals surface area contributed by atoms with Gasteiger partial charge in [-0.3, -0.25) is 4.98 Å². The van der Waals surface area contributed by atoms with Crippen molar-refractivity contribution in [1.82, 2.24) is 15.0 Å². The molecule has 2 heterocycles. The molecule has 3 N–H and O–H groups in total. The zero-order valence-electron chi connectivity index (χ0n) is 13.6. The van der Waals surface area contributed by atoms with Crippen LogP contribution >= 0.6 is 0 Å². The van der Waals surface area contributed by atoms with E-state index in [1.54, 1.807) is 12.4 Å². The van der Waals surface area contributed by atoms with Crippen molar-refractivity contribution in [3.63, 3.8) is 0 Å². The summed E-state index contributed by atoms with van der Waals surface area (Å²) in [6.07, 6.45) is 3.50. The lowest BCUT2D eigenvalue weighted by Crippen LogP contribution is -2.04. The van der Waals surface area contributed by atoms with Crippen LogP contribution in [0.2, 0.25) is 0 Å². The second-order valence-corrected chi connectivity index (χ2v) is 5.75. The second-order valence-electron chi connectivity index (χ2n) is 5.75. The molecule has 5 nitrogen and oxygen atoms in total. The van der Waals surface area contributed by atoms with E-state index in [1.807, 2.05) is 48.5 Å². The van der Waals surface area contributed by atoms with Crippen LogP contribution in [0.1, 0.15) is 5.56 Å². The Hall–Kier alpha value is -3.47. The molecule has 25 heavy (non-hydrogen) atoms. The number of aromatic nitrogens is 3. The molecule has 0 spiro atoms. The van der Waals surface area contributed by atoms with Crippen LogP contribution in [-0.4, -0.2) is 15.0 Å². The topological polar surface area (TPSA) is 76.7 Å². The highest BCUT2D eigenvalue weighted by atomic mass is 15.0. The summed E-state index contributed by atoms with van der Waals surface area (Å²) >= 11 is 0. The molecule has 0 radical (unpaired) electrons. The Balaban J connectivity index is 1.78. The molecular formula is C20H17N5. The molecule has 0 saturated carbocycles. The van der Waals surface area contributed by atoms with Gasteiger partial charge in [-0.25, -0.2) is 9.97 Å². The number of nitrogens with two attached hydrogens (primary N) is 1. The molecule has 4 aromatic rings. The first-order valence-corrected chi connectivity index (χ1v) is 8.05. The van der Waals surface area contributed by atoms with Crippen LogP contribution in [0.25, 0.3) is 22.3 Å². The average Bonchev–Trinajstić information content (AvgIpc) is 2.67. The van der Waals surface area contributed by atoms with Crippen molar-refractivity contribution in [2.75, 3.05) is 11.1 Å². The molecule has 0 amide bonds. The zero-order chi connectivity index (χ0) is 17.1. The number of pyridine rings is 1. The number of nitrogen functional groups attached to an aromatic ring is 1. The minimum absolute atomic E-state index is 0.640. The van der Waals surface area contributed by atoms with Gasteiger partial charge in [0, 0.05) is 35.6 Å². The molecule has 2 aromatic carbocycles. The molecule has 2 aromatic heterocycles. The van der Waals surface area contributed by atoms with Gasteiger partial charge in [-0.1, -0.05) is 30.3 Å². The van der Waals surface area contributed by atoms with Gasteiger partial charge >= 0.3 is 0 Å². The van der Waals surface area contributed by atoms with E-state index in [1.165, 1.54) is 5.56 Å². The third-order valence-electron chi connectivity index (χ3n) is 3.94. The summed E-state index contributed by atoms with van der Waals surface area (Å²) in [4.78, 5) is 13.5. The van der Waals surface area contributed by atoms with Crippen molar-refractivity contribution in [2.24, 2.45) is 0 Å². The highest BCUT2D eigenvalue weighted by molar-refractivity contribution is 5.92. The minimum atomic E-state index is 0.640. The van der Waals surface area contributed by atoms with Crippen LogP contribution in [-0.2, 0) is 6.54 Å². The number of rotatable bonds is 4. The maximum atomic E-state index is 5.96. The lowest BCUT2D eigenvalue weighted by molar-refractivity contribution is 1.10. The maximum absolute atomic E-state index is 5.96. The first-order valence-electron chi connectivity index (χ1n) is 8.05. The van der Waals surface area contributed by atoms with Crippen LogP contribution in [0.3, 0.4) is 0 Å². The smallest absolute Gasteiger partial charge is 0.163 e. The third-order valence-corrected chi connectivity index (χ3v) is 3.94. The summed E-state index contributed by atoms with van der Waals surface area (Å²) in [7, 11) is 0. The lowest BCUT2D eigenvalue weighted by atomic mass is 10.1. The standard InChI is InChI=1S/C20H17N5/c21-16-8-9-18-17(11-16)20(23-12-14-5-2-1-3-6-14)25-19(24-18)15-7-4-10-22-13-15/h1-11,13H,12,21H2,(H,23,24,25). The normalized spacial score (nSPS) is 10.7. The van der Waals surface area contributed by atoms with Crippen LogP contribution in [0.5, 0.6) is 0 Å². The van der Waals surface area contributed by atoms with E-state index in [4.69, 9.17) is 10.7 Å². The van der Waals surface area contributed by atoms with E-state index in [0.29, 0.717) is 18.1 Å². The van der Waals surface area contributed by atoms with E-state index in [-0.39, 0.29) is 0 Å². The fraction of sp³-hybridized carbons (Fsp3) is 0.0500. The lowest BCUT2D eigenvalue weighted by Gasteiger charge is -2.11. The number of nitrogens with zero attached hydrogens (tertiary/aromatic N) is 3. The first kappa shape index (κ1) is 15.1. The molecule has 0 unspecified atom stereocenters. The molecule has 0 bridgehead atoms. The highest BCUT2D eigenvalue weighted by Crippen LogP contribution is 2.26. The quantitative estimate of drug-likeness (QED) is 0.556. The molecule has 122 valence electrons. The van der Waals surface area contributed by atoms with E-state index in [2.05, 4.69) is 27.4 Å². The summed E-state index contributed by atoms with van der Waals surface area (Å²) < 4.78 is 0. The number of fused-ring (bicyclic) bond motifs is 1. The summed E-state index contributed by atoms with van der Waals surface area (Å²) in [6.45, 7) is 0.675. The van der Waals surface area contributed by atoms with Gasteiger partial charge < -0.3 is 11.1 Å². The van der Waals surface area contributed by atoms with E-state index in [9.17, 15) is 0 Å². The Morgan fingerprint density at radius 3 is 2.60 bits per heavy atom. The fourth-order valence-corrected chi connectivity index (χ4v) is 2.69. The molecular weight excluding hydrogens is 310 g/mol. The molecule has 0 aliphatic carbocycles. The Morgan fingerprint density at radius 1 is 0.920 bits per heavy atom. The molecule has 0 atom stereocenters. The van der Waals surface area contributed by atoms with Gasteiger partial charge in [0.2, 0.25) is 0 Å². The molecule has 4 rings (SSSR count). The monoisotopic (exact) mass is 327 g/mol. The Labute approximate surface area is 145 Å². The van der Waals surface area contributed by atoms with Crippen LogP contribution in [0.4, 0.5) is 11.5 Å². The van der Waals surface area contributed by atoms with Gasteiger partial charge in [-0.2, -0.15) is 0 Å². The number of anilines is 2. The summed E-state index contributed by atoms with van der Waals surface area (Å²) in [6, 6.07) is 19.7. The van der Waals surface area contributed by atoms with Gasteiger partial charge in [0.25, 0.3) is 0 Å². The molecule has 0 aliphatic rings. The Kier molecular flexibility index (Phi) is 3.96. The number of hydrogen-bond acceptors (Lipinski definition) is 5. The van der Waals surface area contributed by atoms with Crippen molar-refractivity contribution in [3.05, 3.63) is 78.6 Å². The highest BCUT2D eigenvalue weighted by Gasteiger charge is 2.10. The van der Waals surface area contributed by atoms with Gasteiger partial charge in [0.15, 0.2) is 5.82 Å². The summed E-state index contributed by atoms with van der Waals surface area (Å²) in [5.74, 6) is 1.40. The molecule has 5 heteroatoms. The first-order chi connectivity index (χ1) is 12.3. The predicted molar refractivity (Wildman–Crippen MR) is 101 cm³/mol. The van der Waals surface area contributed by atoms with E-state index >= 15 is 0 Å². The van der Waals surface area contributed by atoms with Crippen molar-refractivity contribution in [2.45, 2.75) is 6.54 Å². The minimum Gasteiger partial charge on any atom is -0.399 e. The summed E-state index contributed by atoms with van der Waals surface area (Å²) in [5, 5.41) is 4.32. The van der Waals surface area contributed by atoms with E-state index < -0.39 is 0 Å². The van der Waals surface area contributed by atoms with Gasteiger partial charge in [0.1, 0.15) is 5.82 Å². The third kappa shape index (κ3) is 3.26. The van der Waals surface area contributed by atoms with E-state index in [0.717, 1.165) is 22.3 Å². The number of benzene rings is 2. The van der Waals surface area contributed by atoms with Crippen molar-refractivity contribution >= 4 is 22.4 Å². The average molecular weight is 327 g/mol. The van der Waals surface area contributed by atoms with Crippen molar-refractivity contribution in [3.8, 4) is 11.4 Å². The molecule has 0 aliphatic heterocycles. The Bertz CT molecular complexity index is 1000. The van der Waals surface area contributed by atoms with Crippen LogP contribution in [0.15, 0.2) is 73.1 Å². The number of hydrogen-bond donors (Lipinski definition) is 2. The van der Waals surface area contributed by atoms with Crippen molar-refractivity contribution < 1.29 is 0 Å². The number of nitrogens with one attached hydrogen (secondary N) is 1. The molecule has 0 saturated heterocycles. The van der Waals surface area contributed by atoms with Gasteiger partial charge in [-0.15, -0.1) is 0 Å². The fourth-order valence-electron chi connectivity index (χ4n) is 2.69. The zero-order valence-corrected chi connectivity index (χ0v) is 13.6. The van der Waals surface area contributed by atoms with Crippen LogP contribution < -0.4 is 11.1 Å². The maximum Gasteiger partial charge on any atom is 0.163 e.